The standard InChI is InChI=1S/C16H11BrN2O/c1-20-14-4-2-3-11-12-7-9-5-6-10(17)8-13(9)18-16(12)19-15(11)14/h2-8H,1H3,(H,18,19). The third kappa shape index (κ3) is 1.61. The largest absolute Gasteiger partial charge is 0.495 e. The summed E-state index contributed by atoms with van der Waals surface area (Å²) in [7, 11) is 1.68. The van der Waals surface area contributed by atoms with E-state index in [1.165, 1.54) is 0 Å². The second-order valence-electron chi connectivity index (χ2n) is 4.73. The zero-order valence-corrected chi connectivity index (χ0v) is 12.4. The summed E-state index contributed by atoms with van der Waals surface area (Å²) in [5, 5.41) is 3.38. The van der Waals surface area contributed by atoms with Gasteiger partial charge in [0.1, 0.15) is 11.4 Å². The fourth-order valence-corrected chi connectivity index (χ4v) is 2.96. The zero-order chi connectivity index (χ0) is 13.7. The molecule has 2 aromatic heterocycles. The summed E-state index contributed by atoms with van der Waals surface area (Å²) in [6, 6.07) is 14.3. The van der Waals surface area contributed by atoms with Gasteiger partial charge in [-0.2, -0.15) is 0 Å². The molecule has 0 spiro atoms. The quantitative estimate of drug-likeness (QED) is 0.553. The number of benzene rings is 2. The average Bonchev–Trinajstić information content (AvgIpc) is 2.82. The molecule has 0 aliphatic heterocycles. The molecule has 3 nitrogen and oxygen atoms in total. The molecule has 4 rings (SSSR count). The topological polar surface area (TPSA) is 37.9 Å². The van der Waals surface area contributed by atoms with Gasteiger partial charge in [-0.05, 0) is 24.3 Å². The van der Waals surface area contributed by atoms with Crippen molar-refractivity contribution in [3.8, 4) is 5.75 Å². The first-order valence-electron chi connectivity index (χ1n) is 6.31. The van der Waals surface area contributed by atoms with E-state index in [0.717, 1.165) is 43.1 Å². The minimum Gasteiger partial charge on any atom is -0.495 e. The lowest BCUT2D eigenvalue weighted by molar-refractivity contribution is 0.419. The summed E-state index contributed by atoms with van der Waals surface area (Å²) in [4.78, 5) is 8.07. The van der Waals surface area contributed by atoms with E-state index >= 15 is 0 Å². The Labute approximate surface area is 123 Å². The highest BCUT2D eigenvalue weighted by molar-refractivity contribution is 9.10. The lowest BCUT2D eigenvalue weighted by atomic mass is 10.1. The number of nitrogens with zero attached hydrogens (tertiary/aromatic N) is 1. The van der Waals surface area contributed by atoms with Crippen LogP contribution in [0.25, 0.3) is 32.8 Å². The van der Waals surface area contributed by atoms with Crippen LogP contribution in [0.3, 0.4) is 0 Å². The Morgan fingerprint density at radius 1 is 1.10 bits per heavy atom. The van der Waals surface area contributed by atoms with Gasteiger partial charge in [-0.3, -0.25) is 0 Å². The Balaban J connectivity index is 2.18. The Bertz CT molecular complexity index is 959. The van der Waals surface area contributed by atoms with E-state index in [9.17, 15) is 0 Å². The third-order valence-electron chi connectivity index (χ3n) is 3.56. The summed E-state index contributed by atoms with van der Waals surface area (Å²) in [6.07, 6.45) is 0. The highest BCUT2D eigenvalue weighted by Crippen LogP contribution is 2.32. The number of pyridine rings is 1. The number of para-hydroxylation sites is 1. The maximum Gasteiger partial charge on any atom is 0.142 e. The highest BCUT2D eigenvalue weighted by atomic mass is 79.9. The van der Waals surface area contributed by atoms with Crippen molar-refractivity contribution >= 4 is 48.8 Å². The number of methoxy groups -OCH3 is 1. The first kappa shape index (κ1) is 11.7. The van der Waals surface area contributed by atoms with Crippen LogP contribution in [0, 0.1) is 0 Å². The van der Waals surface area contributed by atoms with E-state index < -0.39 is 0 Å². The summed E-state index contributed by atoms with van der Waals surface area (Å²) in [5.41, 5.74) is 2.85. The van der Waals surface area contributed by atoms with E-state index in [1.807, 2.05) is 24.3 Å². The number of aromatic amines is 1. The van der Waals surface area contributed by atoms with Crippen molar-refractivity contribution < 1.29 is 4.74 Å². The predicted octanol–water partition coefficient (Wildman–Crippen LogP) is 4.64. The van der Waals surface area contributed by atoms with Crippen molar-refractivity contribution in [1.82, 2.24) is 9.97 Å². The molecule has 0 bridgehead atoms. The number of ether oxygens (including phenoxy) is 1. The summed E-state index contributed by atoms with van der Waals surface area (Å²) in [5.74, 6) is 0.839. The molecule has 0 amide bonds. The Kier molecular flexibility index (Phi) is 2.47. The van der Waals surface area contributed by atoms with Crippen molar-refractivity contribution in [2.75, 3.05) is 7.11 Å². The third-order valence-corrected chi connectivity index (χ3v) is 4.05. The number of aromatic nitrogens is 2. The molecule has 20 heavy (non-hydrogen) atoms. The molecule has 0 aliphatic carbocycles. The number of hydrogen-bond acceptors (Lipinski definition) is 2. The van der Waals surface area contributed by atoms with Gasteiger partial charge in [0.05, 0.1) is 18.1 Å². The number of hydrogen-bond donors (Lipinski definition) is 1. The van der Waals surface area contributed by atoms with Crippen molar-refractivity contribution in [3.63, 3.8) is 0 Å². The fraction of sp³-hybridized carbons (Fsp3) is 0.0625. The normalized spacial score (nSPS) is 11.5. The Morgan fingerprint density at radius 2 is 2.00 bits per heavy atom. The van der Waals surface area contributed by atoms with E-state index in [2.05, 4.69) is 39.1 Å². The first-order chi connectivity index (χ1) is 9.76. The molecule has 0 radical (unpaired) electrons. The van der Waals surface area contributed by atoms with E-state index in [1.54, 1.807) is 7.11 Å². The van der Waals surface area contributed by atoms with Gasteiger partial charge >= 0.3 is 0 Å². The van der Waals surface area contributed by atoms with Gasteiger partial charge in [-0.1, -0.05) is 34.1 Å². The summed E-state index contributed by atoms with van der Waals surface area (Å²) < 4.78 is 6.44. The van der Waals surface area contributed by atoms with Crippen LogP contribution in [-0.4, -0.2) is 17.1 Å². The maximum absolute atomic E-state index is 5.41. The Morgan fingerprint density at radius 3 is 2.85 bits per heavy atom. The highest BCUT2D eigenvalue weighted by Gasteiger charge is 2.10. The van der Waals surface area contributed by atoms with Crippen molar-refractivity contribution in [2.24, 2.45) is 0 Å². The van der Waals surface area contributed by atoms with Crippen LogP contribution >= 0.6 is 15.9 Å². The van der Waals surface area contributed by atoms with Crippen LogP contribution in [-0.2, 0) is 0 Å². The van der Waals surface area contributed by atoms with Crippen LogP contribution in [0.2, 0.25) is 0 Å². The van der Waals surface area contributed by atoms with Crippen molar-refractivity contribution in [2.45, 2.75) is 0 Å². The fourth-order valence-electron chi connectivity index (χ4n) is 2.61. The molecule has 2 aromatic carbocycles. The van der Waals surface area contributed by atoms with E-state index in [0.29, 0.717) is 0 Å². The molecule has 0 unspecified atom stereocenters. The van der Waals surface area contributed by atoms with Gasteiger partial charge in [0, 0.05) is 20.6 Å². The van der Waals surface area contributed by atoms with Crippen molar-refractivity contribution in [1.29, 1.82) is 0 Å². The molecule has 0 saturated carbocycles. The van der Waals surface area contributed by atoms with Crippen molar-refractivity contribution in [3.05, 3.63) is 46.9 Å². The second-order valence-corrected chi connectivity index (χ2v) is 5.65. The SMILES string of the molecule is COc1cccc2c1[nH]c1nc3cc(Br)ccc3cc12. The molecule has 0 atom stereocenters. The molecular formula is C16H11BrN2O. The Hall–Kier alpha value is -2.07. The molecule has 4 heteroatoms. The number of fused-ring (bicyclic) bond motifs is 4. The van der Waals surface area contributed by atoms with E-state index in [-0.39, 0.29) is 0 Å². The molecule has 0 aliphatic rings. The average molecular weight is 327 g/mol. The number of H-pyrrole nitrogens is 1. The van der Waals surface area contributed by atoms with Crippen LogP contribution in [0.5, 0.6) is 5.75 Å². The molecule has 4 aromatic rings. The number of halogens is 1. The zero-order valence-electron chi connectivity index (χ0n) is 10.8. The smallest absolute Gasteiger partial charge is 0.142 e. The number of rotatable bonds is 1. The minimum absolute atomic E-state index is 0.839. The predicted molar refractivity (Wildman–Crippen MR) is 85.4 cm³/mol. The minimum atomic E-state index is 0.839. The number of nitrogens with one attached hydrogen (secondary N) is 1. The maximum atomic E-state index is 5.41. The lowest BCUT2D eigenvalue weighted by Crippen LogP contribution is -1.83. The molecular weight excluding hydrogens is 316 g/mol. The van der Waals surface area contributed by atoms with Crippen LogP contribution in [0.15, 0.2) is 46.9 Å². The van der Waals surface area contributed by atoms with Gasteiger partial charge in [0.25, 0.3) is 0 Å². The van der Waals surface area contributed by atoms with E-state index in [4.69, 9.17) is 9.72 Å². The van der Waals surface area contributed by atoms with Gasteiger partial charge < -0.3 is 9.72 Å². The van der Waals surface area contributed by atoms with Gasteiger partial charge in [0.2, 0.25) is 0 Å². The second kappa shape index (κ2) is 4.21. The van der Waals surface area contributed by atoms with Gasteiger partial charge in [-0.25, -0.2) is 4.98 Å². The molecule has 1 N–H and O–H groups in total. The van der Waals surface area contributed by atoms with Crippen LogP contribution in [0.1, 0.15) is 0 Å². The lowest BCUT2D eigenvalue weighted by Gasteiger charge is -2.00. The molecule has 2 heterocycles. The van der Waals surface area contributed by atoms with Gasteiger partial charge in [0.15, 0.2) is 0 Å². The summed E-state index contributed by atoms with van der Waals surface area (Å²) in [6.45, 7) is 0. The first-order valence-corrected chi connectivity index (χ1v) is 7.10. The molecule has 98 valence electrons. The monoisotopic (exact) mass is 326 g/mol. The van der Waals surface area contributed by atoms with Crippen LogP contribution < -0.4 is 4.74 Å². The summed E-state index contributed by atoms with van der Waals surface area (Å²) >= 11 is 3.48. The molecule has 0 saturated heterocycles. The van der Waals surface area contributed by atoms with Crippen LogP contribution in [0.4, 0.5) is 0 Å². The van der Waals surface area contributed by atoms with Gasteiger partial charge in [-0.15, -0.1) is 0 Å². The molecule has 0 fully saturated rings.